The molecular formula is C17H21ClN4O2. The zero-order valence-electron chi connectivity index (χ0n) is 13.4. The summed E-state index contributed by atoms with van der Waals surface area (Å²) in [4.78, 5) is 10.9. The second-order valence-electron chi connectivity index (χ2n) is 6.70. The molecule has 4 rings (SSSR count). The Hall–Kier alpha value is -1.50. The topological polar surface area (TPSA) is 75.3 Å². The van der Waals surface area contributed by atoms with Crippen molar-refractivity contribution in [1.82, 2.24) is 20.0 Å². The number of halogens is 1. The van der Waals surface area contributed by atoms with Crippen LogP contribution in [0.25, 0.3) is 11.4 Å². The predicted molar refractivity (Wildman–Crippen MR) is 89.3 cm³/mol. The standard InChI is InChI=1S/C17H21ClN4O2/c18-16-12(5-3-8-19-16)17-20-15(24-21-17)10-22-9-7-14(23)11-4-1-2-6-13(11)22/h3,5,8,11,13-14,23H,1-2,4,6-7,9-10H2/t11-,13+,14+/m0/s1. The first-order valence-electron chi connectivity index (χ1n) is 8.58. The van der Waals surface area contributed by atoms with Gasteiger partial charge in [0.1, 0.15) is 5.15 Å². The molecule has 1 N–H and O–H groups in total. The van der Waals surface area contributed by atoms with Crippen LogP contribution in [0.2, 0.25) is 5.15 Å². The summed E-state index contributed by atoms with van der Waals surface area (Å²) in [5, 5.41) is 14.7. The number of piperidine rings is 1. The van der Waals surface area contributed by atoms with Gasteiger partial charge in [0, 0.05) is 24.7 Å². The lowest BCUT2D eigenvalue weighted by atomic mass is 9.76. The van der Waals surface area contributed by atoms with Crippen molar-refractivity contribution in [2.45, 2.75) is 50.8 Å². The van der Waals surface area contributed by atoms with Gasteiger partial charge in [-0.1, -0.05) is 29.6 Å². The average Bonchev–Trinajstić information content (AvgIpc) is 3.06. The Kier molecular flexibility index (Phi) is 4.52. The van der Waals surface area contributed by atoms with Gasteiger partial charge in [0.05, 0.1) is 18.2 Å². The van der Waals surface area contributed by atoms with Crippen LogP contribution in [0.5, 0.6) is 0 Å². The van der Waals surface area contributed by atoms with Gasteiger partial charge in [0.25, 0.3) is 0 Å². The lowest BCUT2D eigenvalue weighted by Gasteiger charge is -2.46. The molecule has 0 unspecified atom stereocenters. The van der Waals surface area contributed by atoms with Crippen molar-refractivity contribution in [2.75, 3.05) is 6.54 Å². The van der Waals surface area contributed by atoms with E-state index in [0.717, 1.165) is 25.8 Å². The Balaban J connectivity index is 1.50. The van der Waals surface area contributed by atoms with Crippen molar-refractivity contribution < 1.29 is 9.63 Å². The summed E-state index contributed by atoms with van der Waals surface area (Å²) in [7, 11) is 0. The molecule has 2 fully saturated rings. The second kappa shape index (κ2) is 6.78. The molecule has 2 aliphatic rings. The number of aliphatic hydroxyl groups is 1. The number of rotatable bonds is 3. The molecule has 0 radical (unpaired) electrons. The maximum atomic E-state index is 10.3. The van der Waals surface area contributed by atoms with E-state index >= 15 is 0 Å². The average molecular weight is 349 g/mol. The smallest absolute Gasteiger partial charge is 0.241 e. The predicted octanol–water partition coefficient (Wildman–Crippen LogP) is 2.91. The van der Waals surface area contributed by atoms with E-state index in [9.17, 15) is 5.11 Å². The van der Waals surface area contributed by atoms with Gasteiger partial charge in [0.15, 0.2) is 0 Å². The highest BCUT2D eigenvalue weighted by Crippen LogP contribution is 2.36. The molecule has 2 aromatic rings. The van der Waals surface area contributed by atoms with Gasteiger partial charge >= 0.3 is 0 Å². The van der Waals surface area contributed by atoms with Gasteiger partial charge in [0.2, 0.25) is 11.7 Å². The number of hydrogen-bond acceptors (Lipinski definition) is 6. The van der Waals surface area contributed by atoms with Gasteiger partial charge in [-0.15, -0.1) is 0 Å². The summed E-state index contributed by atoms with van der Waals surface area (Å²) >= 11 is 6.10. The van der Waals surface area contributed by atoms with Crippen LogP contribution >= 0.6 is 11.6 Å². The van der Waals surface area contributed by atoms with Crippen LogP contribution in [0.4, 0.5) is 0 Å². The van der Waals surface area contributed by atoms with Crippen LogP contribution < -0.4 is 0 Å². The highest BCUT2D eigenvalue weighted by Gasteiger charge is 2.39. The van der Waals surface area contributed by atoms with E-state index in [1.165, 1.54) is 12.8 Å². The Morgan fingerprint density at radius 1 is 1.29 bits per heavy atom. The van der Waals surface area contributed by atoms with E-state index in [4.69, 9.17) is 16.1 Å². The van der Waals surface area contributed by atoms with E-state index in [1.807, 2.05) is 6.07 Å². The zero-order chi connectivity index (χ0) is 16.5. The van der Waals surface area contributed by atoms with Crippen molar-refractivity contribution in [2.24, 2.45) is 5.92 Å². The van der Waals surface area contributed by atoms with Gasteiger partial charge in [-0.25, -0.2) is 4.98 Å². The minimum absolute atomic E-state index is 0.168. The zero-order valence-corrected chi connectivity index (χ0v) is 14.2. The second-order valence-corrected chi connectivity index (χ2v) is 7.05. The molecule has 3 heterocycles. The number of hydrogen-bond donors (Lipinski definition) is 1. The summed E-state index contributed by atoms with van der Waals surface area (Å²) in [6, 6.07) is 4.05. The van der Waals surface area contributed by atoms with Gasteiger partial charge in [-0.3, -0.25) is 4.90 Å². The number of aromatic nitrogens is 3. The number of likely N-dealkylation sites (tertiary alicyclic amines) is 1. The van der Waals surface area contributed by atoms with E-state index in [2.05, 4.69) is 20.0 Å². The van der Waals surface area contributed by atoms with Crippen LogP contribution in [0.15, 0.2) is 22.9 Å². The highest BCUT2D eigenvalue weighted by molar-refractivity contribution is 6.31. The maximum absolute atomic E-state index is 10.3. The molecule has 7 heteroatoms. The lowest BCUT2D eigenvalue weighted by molar-refractivity contribution is -0.0425. The molecule has 2 aromatic heterocycles. The quantitative estimate of drug-likeness (QED) is 0.859. The third-order valence-corrected chi connectivity index (χ3v) is 5.56. The van der Waals surface area contributed by atoms with Crippen molar-refractivity contribution in [3.8, 4) is 11.4 Å². The number of pyridine rings is 1. The van der Waals surface area contributed by atoms with E-state index < -0.39 is 0 Å². The normalized spacial score (nSPS) is 27.8. The Morgan fingerprint density at radius 2 is 2.17 bits per heavy atom. The molecular weight excluding hydrogens is 328 g/mol. The monoisotopic (exact) mass is 348 g/mol. The summed E-state index contributed by atoms with van der Waals surface area (Å²) in [5.41, 5.74) is 0.679. The molecule has 0 aromatic carbocycles. The molecule has 0 amide bonds. The molecule has 3 atom stereocenters. The van der Waals surface area contributed by atoms with E-state index in [-0.39, 0.29) is 6.10 Å². The first-order chi connectivity index (χ1) is 11.7. The van der Waals surface area contributed by atoms with Crippen molar-refractivity contribution >= 4 is 11.6 Å². The number of fused-ring (bicyclic) bond motifs is 1. The summed E-state index contributed by atoms with van der Waals surface area (Å²) in [6.45, 7) is 1.49. The van der Waals surface area contributed by atoms with Crippen LogP contribution in [-0.4, -0.2) is 43.8 Å². The van der Waals surface area contributed by atoms with Gasteiger partial charge in [-0.05, 0) is 31.4 Å². The molecule has 6 nitrogen and oxygen atoms in total. The fourth-order valence-electron chi connectivity index (χ4n) is 4.07. The molecule has 1 aliphatic carbocycles. The lowest BCUT2D eigenvalue weighted by Crippen LogP contribution is -2.52. The third-order valence-electron chi connectivity index (χ3n) is 5.26. The SMILES string of the molecule is O[C@@H]1CCN(Cc2nc(-c3cccnc3Cl)no2)[C@@H]2CCCC[C@H]12. The first-order valence-corrected chi connectivity index (χ1v) is 8.96. The first kappa shape index (κ1) is 16.0. The Bertz CT molecular complexity index is 707. The Labute approximate surface area is 145 Å². The van der Waals surface area contributed by atoms with Crippen LogP contribution in [0.3, 0.4) is 0 Å². The Morgan fingerprint density at radius 3 is 3.04 bits per heavy atom. The van der Waals surface area contributed by atoms with E-state index in [1.54, 1.807) is 12.3 Å². The highest BCUT2D eigenvalue weighted by atomic mass is 35.5. The molecule has 1 saturated carbocycles. The number of nitrogens with zero attached hydrogens (tertiary/aromatic N) is 4. The minimum Gasteiger partial charge on any atom is -0.393 e. The fraction of sp³-hybridized carbons (Fsp3) is 0.588. The molecule has 1 aliphatic heterocycles. The van der Waals surface area contributed by atoms with Crippen LogP contribution in [0.1, 0.15) is 38.0 Å². The number of aliphatic hydroxyl groups excluding tert-OH is 1. The molecule has 24 heavy (non-hydrogen) atoms. The summed E-state index contributed by atoms with van der Waals surface area (Å²) < 4.78 is 5.43. The maximum Gasteiger partial charge on any atom is 0.241 e. The van der Waals surface area contributed by atoms with Crippen molar-refractivity contribution in [3.63, 3.8) is 0 Å². The van der Waals surface area contributed by atoms with Crippen LogP contribution in [0, 0.1) is 5.92 Å². The molecule has 128 valence electrons. The molecule has 0 spiro atoms. The minimum atomic E-state index is -0.168. The summed E-state index contributed by atoms with van der Waals surface area (Å²) in [5.74, 6) is 1.44. The van der Waals surface area contributed by atoms with Gasteiger partial charge < -0.3 is 9.63 Å². The third kappa shape index (κ3) is 3.06. The van der Waals surface area contributed by atoms with E-state index in [0.29, 0.717) is 40.9 Å². The molecule has 1 saturated heterocycles. The fourth-order valence-corrected chi connectivity index (χ4v) is 4.28. The largest absolute Gasteiger partial charge is 0.393 e. The van der Waals surface area contributed by atoms with Crippen molar-refractivity contribution in [1.29, 1.82) is 0 Å². The van der Waals surface area contributed by atoms with Gasteiger partial charge in [-0.2, -0.15) is 4.98 Å². The molecule has 0 bridgehead atoms. The van der Waals surface area contributed by atoms with Crippen LogP contribution in [-0.2, 0) is 6.54 Å². The van der Waals surface area contributed by atoms with Crippen molar-refractivity contribution in [3.05, 3.63) is 29.4 Å². The summed E-state index contributed by atoms with van der Waals surface area (Å²) in [6.07, 6.45) is 6.98.